The number of phenolic OH excluding ortho intramolecular Hbond substituents is 1. The van der Waals surface area contributed by atoms with Crippen LogP contribution in [0.1, 0.15) is 25.5 Å². The summed E-state index contributed by atoms with van der Waals surface area (Å²) in [6.45, 7) is 3.85. The van der Waals surface area contributed by atoms with Gasteiger partial charge in [0.05, 0.1) is 0 Å². The smallest absolute Gasteiger partial charge is 0.115 e. The molecule has 78 valence electrons. The largest absolute Gasteiger partial charge is 0.508 e. The molecular formula is C11H17NO2. The quantitative estimate of drug-likeness (QED) is 0.683. The Balaban J connectivity index is 2.89. The van der Waals surface area contributed by atoms with E-state index >= 15 is 0 Å². The maximum absolute atomic E-state index is 9.15. The molecule has 0 radical (unpaired) electrons. The Kier molecular flexibility index (Phi) is 3.13. The van der Waals surface area contributed by atoms with Gasteiger partial charge in [-0.25, -0.2) is 0 Å². The van der Waals surface area contributed by atoms with E-state index in [0.29, 0.717) is 0 Å². The minimum atomic E-state index is -0.350. The summed E-state index contributed by atoms with van der Waals surface area (Å²) in [4.78, 5) is 0. The van der Waals surface area contributed by atoms with E-state index in [1.165, 1.54) is 0 Å². The first-order valence-electron chi connectivity index (χ1n) is 4.63. The third-order valence-corrected chi connectivity index (χ3v) is 2.50. The second-order valence-corrected chi connectivity index (χ2v) is 4.22. The zero-order valence-corrected chi connectivity index (χ0v) is 8.57. The van der Waals surface area contributed by atoms with Crippen LogP contribution in [0.15, 0.2) is 24.3 Å². The Labute approximate surface area is 84.2 Å². The molecule has 0 saturated carbocycles. The molecule has 1 atom stereocenters. The highest BCUT2D eigenvalue weighted by molar-refractivity contribution is 5.28. The molecule has 4 N–H and O–H groups in total. The van der Waals surface area contributed by atoms with Crippen LogP contribution < -0.4 is 5.73 Å². The van der Waals surface area contributed by atoms with Gasteiger partial charge in [0.15, 0.2) is 0 Å². The number of aliphatic hydroxyl groups is 1. The summed E-state index contributed by atoms with van der Waals surface area (Å²) in [6, 6.07) is 6.52. The average Bonchev–Trinajstić information content (AvgIpc) is 2.18. The van der Waals surface area contributed by atoms with Crippen molar-refractivity contribution in [1.29, 1.82) is 0 Å². The van der Waals surface area contributed by atoms with Crippen LogP contribution in [-0.2, 0) is 0 Å². The predicted octanol–water partition coefficient (Wildman–Crippen LogP) is 1.41. The number of aliphatic hydroxyl groups excluding tert-OH is 1. The number of benzene rings is 1. The number of nitrogens with two attached hydrogens (primary N) is 1. The molecule has 0 aliphatic rings. The summed E-state index contributed by atoms with van der Waals surface area (Å²) in [7, 11) is 0. The van der Waals surface area contributed by atoms with Gasteiger partial charge in [-0.1, -0.05) is 26.0 Å². The lowest BCUT2D eigenvalue weighted by Crippen LogP contribution is -2.32. The molecule has 0 amide bonds. The van der Waals surface area contributed by atoms with Crippen LogP contribution in [0.25, 0.3) is 0 Å². The zero-order valence-electron chi connectivity index (χ0n) is 8.57. The van der Waals surface area contributed by atoms with Crippen molar-refractivity contribution in [3.05, 3.63) is 29.8 Å². The Morgan fingerprint density at radius 1 is 1.29 bits per heavy atom. The molecule has 0 aliphatic heterocycles. The molecule has 1 rings (SSSR count). The molecule has 3 nitrogen and oxygen atoms in total. The second-order valence-electron chi connectivity index (χ2n) is 4.22. The van der Waals surface area contributed by atoms with Crippen LogP contribution >= 0.6 is 0 Å². The van der Waals surface area contributed by atoms with Gasteiger partial charge >= 0.3 is 0 Å². The number of hydrogen-bond donors (Lipinski definition) is 3. The van der Waals surface area contributed by atoms with Gasteiger partial charge in [-0.2, -0.15) is 0 Å². The molecule has 1 aromatic carbocycles. The maximum atomic E-state index is 9.15. The summed E-state index contributed by atoms with van der Waals surface area (Å²) in [5.41, 5.74) is 6.56. The average molecular weight is 195 g/mol. The summed E-state index contributed by atoms with van der Waals surface area (Å²) < 4.78 is 0. The van der Waals surface area contributed by atoms with Crippen LogP contribution in [0.2, 0.25) is 0 Å². The van der Waals surface area contributed by atoms with E-state index in [2.05, 4.69) is 0 Å². The van der Waals surface area contributed by atoms with Crippen LogP contribution in [0.5, 0.6) is 5.75 Å². The van der Waals surface area contributed by atoms with E-state index in [9.17, 15) is 0 Å². The van der Waals surface area contributed by atoms with Crippen molar-refractivity contribution in [1.82, 2.24) is 0 Å². The molecule has 3 heteroatoms. The zero-order chi connectivity index (χ0) is 10.8. The summed E-state index contributed by atoms with van der Waals surface area (Å²) in [5, 5.41) is 18.3. The molecule has 0 saturated heterocycles. The molecule has 0 spiro atoms. The van der Waals surface area contributed by atoms with E-state index in [1.807, 2.05) is 13.8 Å². The van der Waals surface area contributed by atoms with Gasteiger partial charge in [0.25, 0.3) is 0 Å². The molecule has 0 bridgehead atoms. The van der Waals surface area contributed by atoms with Crippen LogP contribution in [0.4, 0.5) is 0 Å². The van der Waals surface area contributed by atoms with E-state index in [1.54, 1.807) is 24.3 Å². The highest BCUT2D eigenvalue weighted by atomic mass is 16.3. The van der Waals surface area contributed by atoms with Gasteiger partial charge in [-0.15, -0.1) is 0 Å². The minimum absolute atomic E-state index is 0.0367. The first-order chi connectivity index (χ1) is 6.47. The van der Waals surface area contributed by atoms with E-state index in [4.69, 9.17) is 15.9 Å². The second kappa shape index (κ2) is 3.98. The lowest BCUT2D eigenvalue weighted by atomic mass is 9.82. The van der Waals surface area contributed by atoms with Crippen molar-refractivity contribution in [3.63, 3.8) is 0 Å². The Hall–Kier alpha value is -1.06. The lowest BCUT2D eigenvalue weighted by Gasteiger charge is -2.29. The molecule has 14 heavy (non-hydrogen) atoms. The first kappa shape index (κ1) is 11.0. The van der Waals surface area contributed by atoms with Crippen LogP contribution in [-0.4, -0.2) is 16.8 Å². The Morgan fingerprint density at radius 3 is 2.21 bits per heavy atom. The fourth-order valence-corrected chi connectivity index (χ4v) is 1.23. The molecule has 0 unspecified atom stereocenters. The van der Waals surface area contributed by atoms with Gasteiger partial charge in [-0.05, 0) is 17.7 Å². The topological polar surface area (TPSA) is 66.5 Å². The molecule has 0 heterocycles. The lowest BCUT2D eigenvalue weighted by molar-refractivity contribution is 0.132. The van der Waals surface area contributed by atoms with Crippen LogP contribution in [0.3, 0.4) is 0 Å². The van der Waals surface area contributed by atoms with Gasteiger partial charge in [0.2, 0.25) is 0 Å². The standard InChI is InChI=1S/C11H17NO2/c1-11(2,7-13)10(12)8-3-5-9(14)6-4-8/h3-6,10,13-14H,7,12H2,1-2H3/t10-/m1/s1. The monoisotopic (exact) mass is 195 g/mol. The van der Waals surface area contributed by atoms with Gasteiger partial charge in [-0.3, -0.25) is 0 Å². The van der Waals surface area contributed by atoms with E-state index in [-0.39, 0.29) is 23.8 Å². The van der Waals surface area contributed by atoms with Crippen molar-refractivity contribution in [3.8, 4) is 5.75 Å². The summed E-state index contributed by atoms with van der Waals surface area (Å²) in [6.07, 6.45) is 0. The van der Waals surface area contributed by atoms with Crippen molar-refractivity contribution in [2.45, 2.75) is 19.9 Å². The molecule has 0 aromatic heterocycles. The third-order valence-electron chi connectivity index (χ3n) is 2.50. The fourth-order valence-electron chi connectivity index (χ4n) is 1.23. The molecule has 1 aromatic rings. The highest BCUT2D eigenvalue weighted by Gasteiger charge is 2.26. The van der Waals surface area contributed by atoms with Crippen LogP contribution in [0, 0.1) is 5.41 Å². The minimum Gasteiger partial charge on any atom is -0.508 e. The SMILES string of the molecule is CC(C)(CO)[C@H](N)c1ccc(O)cc1. The van der Waals surface area contributed by atoms with Gasteiger partial charge in [0, 0.05) is 18.1 Å². The Morgan fingerprint density at radius 2 is 1.79 bits per heavy atom. The number of phenols is 1. The summed E-state index contributed by atoms with van der Waals surface area (Å²) in [5.74, 6) is 0.225. The third kappa shape index (κ3) is 2.25. The highest BCUT2D eigenvalue weighted by Crippen LogP contribution is 2.31. The van der Waals surface area contributed by atoms with Crippen molar-refractivity contribution in [2.24, 2.45) is 11.1 Å². The number of rotatable bonds is 3. The Bertz CT molecular complexity index is 293. The fraction of sp³-hybridized carbons (Fsp3) is 0.455. The number of hydrogen-bond acceptors (Lipinski definition) is 3. The maximum Gasteiger partial charge on any atom is 0.115 e. The van der Waals surface area contributed by atoms with Crippen molar-refractivity contribution < 1.29 is 10.2 Å². The summed E-state index contributed by atoms with van der Waals surface area (Å²) >= 11 is 0. The number of aromatic hydroxyl groups is 1. The van der Waals surface area contributed by atoms with E-state index in [0.717, 1.165) is 5.56 Å². The molecular weight excluding hydrogens is 178 g/mol. The predicted molar refractivity (Wildman–Crippen MR) is 55.9 cm³/mol. The van der Waals surface area contributed by atoms with Gasteiger partial charge < -0.3 is 15.9 Å². The first-order valence-corrected chi connectivity index (χ1v) is 4.63. The van der Waals surface area contributed by atoms with Gasteiger partial charge in [0.1, 0.15) is 5.75 Å². The normalized spacial score (nSPS) is 14.0. The molecule has 0 aliphatic carbocycles. The molecule has 0 fully saturated rings. The van der Waals surface area contributed by atoms with E-state index < -0.39 is 0 Å². The van der Waals surface area contributed by atoms with Crippen molar-refractivity contribution >= 4 is 0 Å². The van der Waals surface area contributed by atoms with Crippen molar-refractivity contribution in [2.75, 3.05) is 6.61 Å².